The lowest BCUT2D eigenvalue weighted by atomic mass is 10.2. The highest BCUT2D eigenvalue weighted by Gasteiger charge is 2.13. The van der Waals surface area contributed by atoms with Crippen molar-refractivity contribution in [2.75, 3.05) is 20.8 Å². The Balaban J connectivity index is 1.77. The van der Waals surface area contributed by atoms with E-state index in [0.29, 0.717) is 29.3 Å². The number of furan rings is 1. The maximum Gasteiger partial charge on any atom is 0.307 e. The van der Waals surface area contributed by atoms with Crippen molar-refractivity contribution >= 4 is 39.0 Å². The van der Waals surface area contributed by atoms with Crippen molar-refractivity contribution in [1.82, 2.24) is 5.43 Å². The molecule has 0 aliphatic carbocycles. The minimum absolute atomic E-state index is 0.152. The Morgan fingerprint density at radius 3 is 2.75 bits per heavy atom. The predicted molar refractivity (Wildman–Crippen MR) is 110 cm³/mol. The van der Waals surface area contributed by atoms with Crippen LogP contribution in [0, 0.1) is 0 Å². The normalized spacial score (nSPS) is 11.0. The Labute approximate surface area is 170 Å². The molecule has 0 aliphatic heterocycles. The van der Waals surface area contributed by atoms with E-state index in [1.54, 1.807) is 37.4 Å². The number of carbonyl (C=O) groups is 1. The van der Waals surface area contributed by atoms with Crippen LogP contribution in [0.4, 0.5) is 0 Å². The van der Waals surface area contributed by atoms with Gasteiger partial charge in [0.2, 0.25) is 0 Å². The first-order valence-electron chi connectivity index (χ1n) is 8.47. The number of nitrogens with zero attached hydrogens (tertiary/aromatic N) is 1. The van der Waals surface area contributed by atoms with Crippen molar-refractivity contribution in [3.8, 4) is 17.2 Å². The van der Waals surface area contributed by atoms with Gasteiger partial charge in [0.05, 0.1) is 27.0 Å². The molecule has 1 N–H and O–H groups in total. The summed E-state index contributed by atoms with van der Waals surface area (Å²) >= 11 is 3.40. The molecule has 7 nitrogen and oxygen atoms in total. The smallest absolute Gasteiger partial charge is 0.307 e. The lowest BCUT2D eigenvalue weighted by Crippen LogP contribution is -2.16. The van der Waals surface area contributed by atoms with E-state index in [1.165, 1.54) is 13.3 Å². The van der Waals surface area contributed by atoms with Gasteiger partial charge in [0.15, 0.2) is 17.3 Å². The van der Waals surface area contributed by atoms with E-state index in [9.17, 15) is 4.79 Å². The summed E-state index contributed by atoms with van der Waals surface area (Å²) < 4.78 is 22.5. The standard InChI is InChI=1S/C20H19BrN2O5/c1-4-27-15-5-6-16-12(8-15)9-18(28-16)20(24)23-22-11-13-7-14(21)10-17(25-2)19(13)26-3/h5-11H,4H2,1-3H3,(H,23,24)/b22-11+. The molecule has 1 aromatic heterocycles. The number of hydrogen-bond donors (Lipinski definition) is 1. The lowest BCUT2D eigenvalue weighted by Gasteiger charge is -2.10. The monoisotopic (exact) mass is 446 g/mol. The molecule has 0 spiro atoms. The van der Waals surface area contributed by atoms with Crippen LogP contribution in [-0.4, -0.2) is 32.9 Å². The summed E-state index contributed by atoms with van der Waals surface area (Å²) in [5.41, 5.74) is 3.68. The number of nitrogens with one attached hydrogen (secondary N) is 1. The van der Waals surface area contributed by atoms with Gasteiger partial charge >= 0.3 is 5.91 Å². The molecule has 0 bridgehead atoms. The zero-order chi connectivity index (χ0) is 20.1. The molecule has 0 saturated heterocycles. The minimum Gasteiger partial charge on any atom is -0.494 e. The van der Waals surface area contributed by atoms with Crippen molar-refractivity contribution in [3.05, 3.63) is 52.2 Å². The lowest BCUT2D eigenvalue weighted by molar-refractivity contribution is 0.0929. The van der Waals surface area contributed by atoms with Gasteiger partial charge in [-0.2, -0.15) is 5.10 Å². The molecule has 8 heteroatoms. The van der Waals surface area contributed by atoms with Crippen molar-refractivity contribution in [2.45, 2.75) is 6.92 Å². The Bertz CT molecular complexity index is 1030. The van der Waals surface area contributed by atoms with Crippen LogP contribution >= 0.6 is 15.9 Å². The molecule has 0 saturated carbocycles. The van der Waals surface area contributed by atoms with Crippen LogP contribution in [0.3, 0.4) is 0 Å². The topological polar surface area (TPSA) is 82.3 Å². The van der Waals surface area contributed by atoms with E-state index in [2.05, 4.69) is 26.5 Å². The number of methoxy groups -OCH3 is 2. The molecule has 28 heavy (non-hydrogen) atoms. The Morgan fingerprint density at radius 1 is 1.21 bits per heavy atom. The molecule has 0 unspecified atom stereocenters. The van der Waals surface area contributed by atoms with Crippen molar-refractivity contribution in [2.24, 2.45) is 5.10 Å². The molecule has 1 amide bonds. The summed E-state index contributed by atoms with van der Waals surface area (Å²) in [7, 11) is 3.08. The highest BCUT2D eigenvalue weighted by Crippen LogP contribution is 2.33. The first-order valence-corrected chi connectivity index (χ1v) is 9.26. The highest BCUT2D eigenvalue weighted by molar-refractivity contribution is 9.10. The molecular formula is C20H19BrN2O5. The summed E-state index contributed by atoms with van der Waals surface area (Å²) in [6, 6.07) is 10.6. The summed E-state index contributed by atoms with van der Waals surface area (Å²) in [6.45, 7) is 2.47. The number of carbonyl (C=O) groups excluding carboxylic acids is 1. The molecule has 0 atom stereocenters. The van der Waals surface area contributed by atoms with Crippen LogP contribution in [0.5, 0.6) is 17.2 Å². The van der Waals surface area contributed by atoms with Crippen LogP contribution in [0.25, 0.3) is 11.0 Å². The molecule has 2 aromatic carbocycles. The molecule has 146 valence electrons. The predicted octanol–water partition coefficient (Wildman–Crippen LogP) is 4.38. The van der Waals surface area contributed by atoms with E-state index in [0.717, 1.165) is 15.6 Å². The van der Waals surface area contributed by atoms with Crippen LogP contribution < -0.4 is 19.6 Å². The van der Waals surface area contributed by atoms with E-state index >= 15 is 0 Å². The van der Waals surface area contributed by atoms with Gasteiger partial charge in [-0.15, -0.1) is 0 Å². The van der Waals surface area contributed by atoms with E-state index < -0.39 is 5.91 Å². The fourth-order valence-electron chi connectivity index (χ4n) is 2.66. The van der Waals surface area contributed by atoms with Crippen LogP contribution in [0.2, 0.25) is 0 Å². The van der Waals surface area contributed by atoms with Gasteiger partial charge < -0.3 is 18.6 Å². The maximum absolute atomic E-state index is 12.3. The number of fused-ring (bicyclic) bond motifs is 1. The van der Waals surface area contributed by atoms with Crippen molar-refractivity contribution < 1.29 is 23.4 Å². The molecular weight excluding hydrogens is 428 g/mol. The number of hydrogen-bond acceptors (Lipinski definition) is 6. The average molecular weight is 447 g/mol. The Morgan fingerprint density at radius 2 is 2.04 bits per heavy atom. The number of hydrazone groups is 1. The average Bonchev–Trinajstić information content (AvgIpc) is 3.11. The zero-order valence-electron chi connectivity index (χ0n) is 15.6. The third-order valence-electron chi connectivity index (χ3n) is 3.86. The third-order valence-corrected chi connectivity index (χ3v) is 4.32. The van der Waals surface area contributed by atoms with Gasteiger partial charge in [0.25, 0.3) is 0 Å². The number of rotatable bonds is 7. The fraction of sp³-hybridized carbons (Fsp3) is 0.200. The number of halogens is 1. The van der Waals surface area contributed by atoms with Gasteiger partial charge in [-0.25, -0.2) is 5.43 Å². The van der Waals surface area contributed by atoms with E-state index in [1.807, 2.05) is 13.0 Å². The molecule has 0 fully saturated rings. The number of ether oxygens (including phenoxy) is 3. The molecule has 0 radical (unpaired) electrons. The van der Waals surface area contributed by atoms with Crippen LogP contribution in [-0.2, 0) is 0 Å². The Hall–Kier alpha value is -3.00. The second kappa shape index (κ2) is 8.79. The first-order chi connectivity index (χ1) is 13.5. The van der Waals surface area contributed by atoms with Crippen molar-refractivity contribution in [3.63, 3.8) is 0 Å². The van der Waals surface area contributed by atoms with Crippen LogP contribution in [0.15, 0.2) is 50.4 Å². The fourth-order valence-corrected chi connectivity index (χ4v) is 3.11. The summed E-state index contributed by atoms with van der Waals surface area (Å²) in [6.07, 6.45) is 1.47. The molecule has 3 rings (SSSR count). The van der Waals surface area contributed by atoms with E-state index in [4.69, 9.17) is 18.6 Å². The number of amides is 1. The SMILES string of the molecule is CCOc1ccc2oc(C(=O)N/N=C/c3cc(Br)cc(OC)c3OC)cc2c1. The minimum atomic E-state index is -0.466. The summed E-state index contributed by atoms with van der Waals surface area (Å²) in [5.74, 6) is 1.46. The molecule has 0 aliphatic rings. The maximum atomic E-state index is 12.3. The van der Waals surface area contributed by atoms with Crippen molar-refractivity contribution in [1.29, 1.82) is 0 Å². The summed E-state index contributed by atoms with van der Waals surface area (Å²) in [4.78, 5) is 12.3. The van der Waals surface area contributed by atoms with Gasteiger partial charge in [0, 0.05) is 15.4 Å². The molecule has 1 heterocycles. The summed E-state index contributed by atoms with van der Waals surface area (Å²) in [5, 5.41) is 4.77. The first kappa shape index (κ1) is 19.8. The van der Waals surface area contributed by atoms with E-state index in [-0.39, 0.29) is 5.76 Å². The van der Waals surface area contributed by atoms with Gasteiger partial charge in [-0.3, -0.25) is 4.79 Å². The third kappa shape index (κ3) is 4.28. The highest BCUT2D eigenvalue weighted by atomic mass is 79.9. The Kier molecular flexibility index (Phi) is 6.20. The van der Waals surface area contributed by atoms with Crippen LogP contribution in [0.1, 0.15) is 23.0 Å². The second-order valence-corrected chi connectivity index (χ2v) is 6.59. The quantitative estimate of drug-likeness (QED) is 0.430. The molecule has 3 aromatic rings. The van der Waals surface area contributed by atoms with Gasteiger partial charge in [0.1, 0.15) is 11.3 Å². The second-order valence-electron chi connectivity index (χ2n) is 5.67. The van der Waals surface area contributed by atoms with Gasteiger partial charge in [-0.05, 0) is 43.3 Å². The van der Waals surface area contributed by atoms with Gasteiger partial charge in [-0.1, -0.05) is 15.9 Å². The zero-order valence-corrected chi connectivity index (χ0v) is 17.2. The number of benzene rings is 2. The largest absolute Gasteiger partial charge is 0.494 e.